The monoisotopic (exact) mass is 361 g/mol. The summed E-state index contributed by atoms with van der Waals surface area (Å²) in [5.74, 6) is -1.31. The lowest BCUT2D eigenvalue weighted by Crippen LogP contribution is -2.38. The first-order valence-corrected chi connectivity index (χ1v) is 9.17. The van der Waals surface area contributed by atoms with Crippen molar-refractivity contribution in [2.75, 3.05) is 13.1 Å². The Morgan fingerprint density at radius 2 is 2.15 bits per heavy atom. The maximum Gasteiger partial charge on any atom is 0.170 e. The summed E-state index contributed by atoms with van der Waals surface area (Å²) < 4.78 is 27.3. The van der Waals surface area contributed by atoms with Crippen LogP contribution in [0.15, 0.2) is 24.3 Å². The third-order valence-electron chi connectivity index (χ3n) is 4.77. The van der Waals surface area contributed by atoms with Gasteiger partial charge < -0.3 is 0 Å². The third kappa shape index (κ3) is 4.55. The molecule has 1 aromatic heterocycles. The van der Waals surface area contributed by atoms with E-state index in [2.05, 4.69) is 35.0 Å². The summed E-state index contributed by atoms with van der Waals surface area (Å²) in [6, 6.07) is 5.12. The van der Waals surface area contributed by atoms with Gasteiger partial charge >= 0.3 is 0 Å². The Hall–Kier alpha value is -2.08. The quantitative estimate of drug-likeness (QED) is 0.792. The maximum absolute atomic E-state index is 13.9. The average Bonchev–Trinajstić information content (AvgIpc) is 3.02. The van der Waals surface area contributed by atoms with Gasteiger partial charge in [0.15, 0.2) is 5.78 Å². The third-order valence-corrected chi connectivity index (χ3v) is 4.77. The van der Waals surface area contributed by atoms with Gasteiger partial charge in [0.2, 0.25) is 0 Å². The number of likely N-dealkylation sites (tertiary alicyclic amines) is 1. The Bertz CT molecular complexity index is 772. The molecule has 0 radical (unpaired) electrons. The molecule has 2 heterocycles. The Labute approximate surface area is 152 Å². The van der Waals surface area contributed by atoms with Crippen molar-refractivity contribution in [3.63, 3.8) is 0 Å². The van der Waals surface area contributed by atoms with E-state index < -0.39 is 11.6 Å². The second kappa shape index (κ2) is 8.08. The molecule has 1 atom stereocenters. The molecule has 0 saturated carbocycles. The molecule has 0 spiro atoms. The first-order chi connectivity index (χ1) is 12.4. The minimum Gasteiger partial charge on any atom is -0.297 e. The molecule has 140 valence electrons. The second-order valence-corrected chi connectivity index (χ2v) is 7.55. The number of piperidine rings is 1. The van der Waals surface area contributed by atoms with Gasteiger partial charge in [-0.25, -0.2) is 8.78 Å². The Morgan fingerprint density at radius 3 is 2.92 bits per heavy atom. The number of aromatic amines is 1. The summed E-state index contributed by atoms with van der Waals surface area (Å²) >= 11 is 0. The number of nitrogens with zero attached hydrogens (tertiary/aromatic N) is 2. The predicted octanol–water partition coefficient (Wildman–Crippen LogP) is 3.98. The summed E-state index contributed by atoms with van der Waals surface area (Å²) in [5.41, 5.74) is 1.92. The van der Waals surface area contributed by atoms with Crippen molar-refractivity contribution in [2.45, 2.75) is 39.7 Å². The van der Waals surface area contributed by atoms with Crippen LogP contribution in [0.3, 0.4) is 0 Å². The summed E-state index contributed by atoms with van der Waals surface area (Å²) in [7, 11) is 0. The van der Waals surface area contributed by atoms with Crippen LogP contribution in [0.5, 0.6) is 0 Å². The van der Waals surface area contributed by atoms with Gasteiger partial charge in [-0.3, -0.25) is 14.8 Å². The van der Waals surface area contributed by atoms with Crippen LogP contribution in [0.4, 0.5) is 8.78 Å². The van der Waals surface area contributed by atoms with E-state index in [0.29, 0.717) is 25.4 Å². The van der Waals surface area contributed by atoms with Crippen LogP contribution < -0.4 is 0 Å². The van der Waals surface area contributed by atoms with Gasteiger partial charge in [-0.1, -0.05) is 13.8 Å². The number of hydrogen-bond donors (Lipinski definition) is 1. The zero-order valence-corrected chi connectivity index (χ0v) is 15.3. The fourth-order valence-electron chi connectivity index (χ4n) is 3.57. The van der Waals surface area contributed by atoms with Crippen molar-refractivity contribution in [2.24, 2.45) is 11.8 Å². The molecular formula is C20H25F2N3O. The Kier molecular flexibility index (Phi) is 5.81. The number of nitrogens with one attached hydrogen (secondary N) is 1. The summed E-state index contributed by atoms with van der Waals surface area (Å²) in [6.45, 7) is 6.42. The summed E-state index contributed by atoms with van der Waals surface area (Å²) in [6.07, 6.45) is 2.49. The van der Waals surface area contributed by atoms with Crippen LogP contribution in [0.1, 0.15) is 48.4 Å². The number of hydrogen-bond acceptors (Lipinski definition) is 3. The van der Waals surface area contributed by atoms with Crippen LogP contribution in [0, 0.1) is 23.5 Å². The first-order valence-electron chi connectivity index (χ1n) is 9.17. The van der Waals surface area contributed by atoms with Crippen LogP contribution in [0.2, 0.25) is 0 Å². The molecule has 2 aromatic rings. The number of Topliss-reactive ketones (excluding diaryl/α,β-unsaturated/α-hetero) is 1. The highest BCUT2D eigenvalue weighted by molar-refractivity contribution is 5.98. The molecule has 3 rings (SSSR count). The SMILES string of the molecule is CC(C)Cc1cc(CN2CCC[C@@H](C(=O)c3cc(F)ccc3F)C2)[nH]n1. The van der Waals surface area contributed by atoms with E-state index in [1.807, 2.05) is 0 Å². The number of H-pyrrole nitrogens is 1. The topological polar surface area (TPSA) is 49.0 Å². The van der Waals surface area contributed by atoms with Crippen molar-refractivity contribution in [1.82, 2.24) is 15.1 Å². The Morgan fingerprint density at radius 1 is 1.35 bits per heavy atom. The molecule has 1 aromatic carbocycles. The van der Waals surface area contributed by atoms with E-state index >= 15 is 0 Å². The molecule has 26 heavy (non-hydrogen) atoms. The van der Waals surface area contributed by atoms with Crippen LogP contribution in [-0.2, 0) is 13.0 Å². The van der Waals surface area contributed by atoms with Crippen LogP contribution in [0.25, 0.3) is 0 Å². The molecule has 1 N–H and O–H groups in total. The molecule has 1 aliphatic rings. The molecule has 1 fully saturated rings. The Balaban J connectivity index is 1.64. The fourth-order valence-corrected chi connectivity index (χ4v) is 3.57. The number of carbonyl (C=O) groups is 1. The molecule has 1 saturated heterocycles. The number of carbonyl (C=O) groups excluding carboxylic acids is 1. The molecule has 0 aliphatic carbocycles. The van der Waals surface area contributed by atoms with Gasteiger partial charge in [-0.2, -0.15) is 5.10 Å². The van der Waals surface area contributed by atoms with Gasteiger partial charge in [0.1, 0.15) is 11.6 Å². The summed E-state index contributed by atoms with van der Waals surface area (Å²) in [4.78, 5) is 14.8. The molecule has 1 aliphatic heterocycles. The number of ketones is 1. The van der Waals surface area contributed by atoms with Gasteiger partial charge in [-0.05, 0) is 56.0 Å². The van der Waals surface area contributed by atoms with Crippen LogP contribution in [-0.4, -0.2) is 34.0 Å². The zero-order chi connectivity index (χ0) is 18.7. The normalized spacial score (nSPS) is 18.4. The van der Waals surface area contributed by atoms with E-state index in [1.54, 1.807) is 0 Å². The number of halogens is 2. The fraction of sp³-hybridized carbons (Fsp3) is 0.500. The van der Waals surface area contributed by atoms with Crippen molar-refractivity contribution in [3.05, 3.63) is 52.9 Å². The van der Waals surface area contributed by atoms with E-state index in [9.17, 15) is 13.6 Å². The molecular weight excluding hydrogens is 336 g/mol. The lowest BCUT2D eigenvalue weighted by atomic mass is 9.89. The van der Waals surface area contributed by atoms with Crippen molar-refractivity contribution in [1.29, 1.82) is 0 Å². The number of rotatable bonds is 6. The minimum absolute atomic E-state index is 0.141. The number of aromatic nitrogens is 2. The summed E-state index contributed by atoms with van der Waals surface area (Å²) in [5, 5.41) is 7.40. The van der Waals surface area contributed by atoms with Crippen molar-refractivity contribution < 1.29 is 13.6 Å². The van der Waals surface area contributed by atoms with E-state index in [4.69, 9.17) is 0 Å². The first kappa shape index (κ1) is 18.7. The largest absolute Gasteiger partial charge is 0.297 e. The molecule has 0 amide bonds. The lowest BCUT2D eigenvalue weighted by Gasteiger charge is -2.31. The van der Waals surface area contributed by atoms with Crippen LogP contribution >= 0.6 is 0 Å². The van der Waals surface area contributed by atoms with Crippen molar-refractivity contribution in [3.8, 4) is 0 Å². The molecule has 4 nitrogen and oxygen atoms in total. The zero-order valence-electron chi connectivity index (χ0n) is 15.3. The highest BCUT2D eigenvalue weighted by atomic mass is 19.1. The molecule has 0 bridgehead atoms. The van der Waals surface area contributed by atoms with E-state index in [1.165, 1.54) is 0 Å². The standard InChI is InChI=1S/C20H25F2N3O/c1-13(2)8-16-10-17(24-23-16)12-25-7-3-4-14(11-25)20(26)18-9-15(21)5-6-19(18)22/h5-6,9-10,13-14H,3-4,7-8,11-12H2,1-2H3,(H,23,24)/t14-/m1/s1. The van der Waals surface area contributed by atoms with E-state index in [-0.39, 0.29) is 17.3 Å². The molecule has 6 heteroatoms. The average molecular weight is 361 g/mol. The highest BCUT2D eigenvalue weighted by Crippen LogP contribution is 2.24. The second-order valence-electron chi connectivity index (χ2n) is 7.55. The van der Waals surface area contributed by atoms with Crippen molar-refractivity contribution >= 4 is 5.78 Å². The molecule has 0 unspecified atom stereocenters. The van der Waals surface area contributed by atoms with Gasteiger partial charge in [0.25, 0.3) is 0 Å². The minimum atomic E-state index is -0.652. The number of benzene rings is 1. The van der Waals surface area contributed by atoms with E-state index in [0.717, 1.165) is 49.0 Å². The lowest BCUT2D eigenvalue weighted by molar-refractivity contribution is 0.0805. The highest BCUT2D eigenvalue weighted by Gasteiger charge is 2.28. The smallest absolute Gasteiger partial charge is 0.170 e. The van der Waals surface area contributed by atoms with Gasteiger partial charge in [-0.15, -0.1) is 0 Å². The van der Waals surface area contributed by atoms with Gasteiger partial charge in [0.05, 0.1) is 11.3 Å². The predicted molar refractivity (Wildman–Crippen MR) is 95.8 cm³/mol. The van der Waals surface area contributed by atoms with Gasteiger partial charge in [0, 0.05) is 24.7 Å². The maximum atomic E-state index is 13.9.